The van der Waals surface area contributed by atoms with Crippen LogP contribution in [0.2, 0.25) is 0 Å². The second-order valence-corrected chi connectivity index (χ2v) is 9.18. The fourth-order valence-corrected chi connectivity index (χ4v) is 4.66. The summed E-state index contributed by atoms with van der Waals surface area (Å²) >= 11 is 0. The van der Waals surface area contributed by atoms with Gasteiger partial charge in [0.25, 0.3) is 0 Å². The summed E-state index contributed by atoms with van der Waals surface area (Å²) in [6, 6.07) is 29.9. The van der Waals surface area contributed by atoms with Gasteiger partial charge in [0.05, 0.1) is 4.90 Å². The van der Waals surface area contributed by atoms with Crippen molar-refractivity contribution in [1.82, 2.24) is 4.72 Å². The summed E-state index contributed by atoms with van der Waals surface area (Å²) in [6.45, 7) is 0.0721. The van der Waals surface area contributed by atoms with Crippen LogP contribution in [0.3, 0.4) is 0 Å². The third-order valence-electron chi connectivity index (χ3n) is 5.12. The third-order valence-corrected chi connectivity index (χ3v) is 6.59. The van der Waals surface area contributed by atoms with E-state index in [1.54, 1.807) is 18.2 Å². The van der Waals surface area contributed by atoms with Crippen LogP contribution >= 0.6 is 0 Å². The van der Waals surface area contributed by atoms with Crippen LogP contribution < -0.4 is 4.72 Å². The molecule has 1 N–H and O–H groups in total. The average molecular weight is 446 g/mol. The summed E-state index contributed by atoms with van der Waals surface area (Å²) < 4.78 is 34.3. The smallest absolute Gasteiger partial charge is 0.324 e. The molecule has 4 aromatic rings. The zero-order chi connectivity index (χ0) is 22.4. The van der Waals surface area contributed by atoms with E-state index in [-0.39, 0.29) is 17.9 Å². The largest absolute Gasteiger partial charge is 0.460 e. The summed E-state index contributed by atoms with van der Waals surface area (Å²) in [5.41, 5.74) is 1.66. The molecule has 0 unspecified atom stereocenters. The van der Waals surface area contributed by atoms with E-state index in [0.29, 0.717) is 0 Å². The number of rotatable bonds is 8. The SMILES string of the molecule is O=C(OCc1ccccc1)[C@@H](Cc1ccccc1)NS(=O)(=O)c1ccc2ccccc2c1. The topological polar surface area (TPSA) is 72.5 Å². The van der Waals surface area contributed by atoms with Gasteiger partial charge in [0.15, 0.2) is 0 Å². The van der Waals surface area contributed by atoms with E-state index in [1.807, 2.05) is 84.9 Å². The van der Waals surface area contributed by atoms with Gasteiger partial charge in [-0.25, -0.2) is 8.42 Å². The first-order valence-corrected chi connectivity index (χ1v) is 11.8. The van der Waals surface area contributed by atoms with Gasteiger partial charge < -0.3 is 4.74 Å². The van der Waals surface area contributed by atoms with Gasteiger partial charge in [0, 0.05) is 0 Å². The first-order valence-electron chi connectivity index (χ1n) is 10.3. The van der Waals surface area contributed by atoms with E-state index in [9.17, 15) is 13.2 Å². The van der Waals surface area contributed by atoms with Crippen LogP contribution in [-0.4, -0.2) is 20.4 Å². The molecule has 32 heavy (non-hydrogen) atoms. The maximum atomic E-state index is 13.1. The Morgan fingerprint density at radius 3 is 2.03 bits per heavy atom. The highest BCUT2D eigenvalue weighted by Gasteiger charge is 2.27. The Kier molecular flexibility index (Phi) is 6.63. The van der Waals surface area contributed by atoms with Crippen LogP contribution in [0.15, 0.2) is 108 Å². The molecule has 0 bridgehead atoms. The lowest BCUT2D eigenvalue weighted by molar-refractivity contribution is -0.147. The summed E-state index contributed by atoms with van der Waals surface area (Å²) in [5.74, 6) is -0.623. The third kappa shape index (κ3) is 5.41. The normalized spacial score (nSPS) is 12.4. The minimum absolute atomic E-state index is 0.0721. The second-order valence-electron chi connectivity index (χ2n) is 7.47. The van der Waals surface area contributed by atoms with Crippen molar-refractivity contribution in [3.8, 4) is 0 Å². The minimum Gasteiger partial charge on any atom is -0.460 e. The standard InChI is InChI=1S/C26H23NO4S/c28-26(31-19-21-11-5-2-6-12-21)25(17-20-9-3-1-4-10-20)27-32(29,30)24-16-15-22-13-7-8-14-23(22)18-24/h1-16,18,25,27H,17,19H2/t25-/m1/s1. The summed E-state index contributed by atoms with van der Waals surface area (Å²) in [4.78, 5) is 13.0. The average Bonchev–Trinajstić information content (AvgIpc) is 2.83. The first kappa shape index (κ1) is 21.7. The van der Waals surface area contributed by atoms with Crippen molar-refractivity contribution < 1.29 is 17.9 Å². The molecule has 4 rings (SSSR count). The van der Waals surface area contributed by atoms with E-state index in [0.717, 1.165) is 21.9 Å². The predicted molar refractivity (Wildman–Crippen MR) is 124 cm³/mol. The van der Waals surface area contributed by atoms with Gasteiger partial charge in [0.1, 0.15) is 12.6 Å². The van der Waals surface area contributed by atoms with Crippen LogP contribution in [0.4, 0.5) is 0 Å². The molecule has 0 saturated heterocycles. The number of ether oxygens (including phenoxy) is 1. The molecule has 0 aliphatic rings. The van der Waals surface area contributed by atoms with Crippen molar-refractivity contribution in [1.29, 1.82) is 0 Å². The summed E-state index contributed by atoms with van der Waals surface area (Å²) in [6.07, 6.45) is 0.182. The Morgan fingerprint density at radius 2 is 1.34 bits per heavy atom. The van der Waals surface area contributed by atoms with Gasteiger partial charge in [0.2, 0.25) is 10.0 Å². The number of nitrogens with one attached hydrogen (secondary N) is 1. The summed E-state index contributed by atoms with van der Waals surface area (Å²) in [7, 11) is -3.95. The lowest BCUT2D eigenvalue weighted by Gasteiger charge is -2.18. The Bertz CT molecular complexity index is 1310. The van der Waals surface area contributed by atoms with Gasteiger partial charge in [-0.05, 0) is 40.5 Å². The fourth-order valence-electron chi connectivity index (χ4n) is 3.44. The molecule has 0 saturated carbocycles. The Labute approximate surface area is 187 Å². The quantitative estimate of drug-likeness (QED) is 0.406. The number of fused-ring (bicyclic) bond motifs is 1. The molecule has 0 spiro atoms. The molecule has 5 nitrogen and oxygen atoms in total. The number of hydrogen-bond donors (Lipinski definition) is 1. The maximum Gasteiger partial charge on any atom is 0.324 e. The molecule has 0 aliphatic heterocycles. The number of sulfonamides is 1. The summed E-state index contributed by atoms with van der Waals surface area (Å²) in [5, 5.41) is 1.75. The molecule has 0 radical (unpaired) electrons. The monoisotopic (exact) mass is 445 g/mol. The highest BCUT2D eigenvalue weighted by molar-refractivity contribution is 7.89. The van der Waals surface area contributed by atoms with Crippen molar-refractivity contribution in [2.24, 2.45) is 0 Å². The van der Waals surface area contributed by atoms with Gasteiger partial charge in [-0.15, -0.1) is 0 Å². The zero-order valence-corrected chi connectivity index (χ0v) is 18.2. The lowest BCUT2D eigenvalue weighted by Crippen LogP contribution is -2.43. The van der Waals surface area contributed by atoms with E-state index in [1.165, 1.54) is 0 Å². The van der Waals surface area contributed by atoms with Gasteiger partial charge in [-0.1, -0.05) is 91.0 Å². The van der Waals surface area contributed by atoms with Crippen molar-refractivity contribution in [2.75, 3.05) is 0 Å². The molecule has 0 amide bonds. The van der Waals surface area contributed by atoms with Crippen molar-refractivity contribution in [2.45, 2.75) is 24.0 Å². The lowest BCUT2D eigenvalue weighted by atomic mass is 10.1. The highest BCUT2D eigenvalue weighted by Crippen LogP contribution is 2.20. The molecular formula is C26H23NO4S. The number of benzene rings is 4. The van der Waals surface area contributed by atoms with Crippen LogP contribution in [-0.2, 0) is 32.6 Å². The van der Waals surface area contributed by atoms with Crippen LogP contribution in [0, 0.1) is 0 Å². The van der Waals surface area contributed by atoms with Crippen molar-refractivity contribution in [3.63, 3.8) is 0 Å². The molecule has 6 heteroatoms. The predicted octanol–water partition coefficient (Wildman–Crippen LogP) is 4.47. The molecule has 0 aliphatic carbocycles. The second kappa shape index (κ2) is 9.77. The van der Waals surface area contributed by atoms with Gasteiger partial charge in [-0.2, -0.15) is 4.72 Å². The minimum atomic E-state index is -3.95. The molecule has 1 atom stereocenters. The Hall–Kier alpha value is -3.48. The molecular weight excluding hydrogens is 422 g/mol. The number of carbonyl (C=O) groups is 1. The van der Waals surface area contributed by atoms with E-state index < -0.39 is 22.0 Å². The fraction of sp³-hybridized carbons (Fsp3) is 0.115. The molecule has 0 aromatic heterocycles. The molecule has 4 aromatic carbocycles. The van der Waals surface area contributed by atoms with E-state index in [4.69, 9.17) is 4.74 Å². The highest BCUT2D eigenvalue weighted by atomic mass is 32.2. The molecule has 162 valence electrons. The van der Waals surface area contributed by atoms with Crippen LogP contribution in [0.25, 0.3) is 10.8 Å². The van der Waals surface area contributed by atoms with Crippen molar-refractivity contribution in [3.05, 3.63) is 114 Å². The van der Waals surface area contributed by atoms with Crippen LogP contribution in [0.5, 0.6) is 0 Å². The van der Waals surface area contributed by atoms with Crippen LogP contribution in [0.1, 0.15) is 11.1 Å². The number of esters is 1. The van der Waals surface area contributed by atoms with Crippen molar-refractivity contribution >= 4 is 26.8 Å². The first-order chi connectivity index (χ1) is 15.5. The van der Waals surface area contributed by atoms with E-state index in [2.05, 4.69) is 4.72 Å². The molecule has 0 fully saturated rings. The Balaban J connectivity index is 1.57. The van der Waals surface area contributed by atoms with Gasteiger partial charge in [-0.3, -0.25) is 4.79 Å². The van der Waals surface area contributed by atoms with Gasteiger partial charge >= 0.3 is 5.97 Å². The van der Waals surface area contributed by atoms with E-state index >= 15 is 0 Å². The maximum absolute atomic E-state index is 13.1. The number of hydrogen-bond acceptors (Lipinski definition) is 4. The Morgan fingerprint density at radius 1 is 0.750 bits per heavy atom. The molecule has 0 heterocycles. The number of carbonyl (C=O) groups excluding carboxylic acids is 1. The zero-order valence-electron chi connectivity index (χ0n) is 17.3.